The van der Waals surface area contributed by atoms with E-state index in [4.69, 9.17) is 4.74 Å². The number of hydrogen-bond donors (Lipinski definition) is 0. The molecule has 0 atom stereocenters. The molecule has 24 heavy (non-hydrogen) atoms. The number of amides is 1. The van der Waals surface area contributed by atoms with Crippen molar-refractivity contribution in [1.29, 1.82) is 0 Å². The van der Waals surface area contributed by atoms with E-state index in [0.717, 1.165) is 24.4 Å². The first-order chi connectivity index (χ1) is 11.3. The minimum Gasteiger partial charge on any atom is -0.497 e. The molecule has 1 amide bonds. The zero-order chi connectivity index (χ0) is 17.7. The summed E-state index contributed by atoms with van der Waals surface area (Å²) < 4.78 is 5.13. The summed E-state index contributed by atoms with van der Waals surface area (Å²) in [7, 11) is 1.63. The van der Waals surface area contributed by atoms with Crippen molar-refractivity contribution in [3.8, 4) is 5.75 Å². The molecule has 5 heteroatoms. The molecule has 0 aromatic heterocycles. The van der Waals surface area contributed by atoms with E-state index >= 15 is 0 Å². The average Bonchev–Trinajstić information content (AvgIpc) is 2.55. The van der Waals surface area contributed by atoms with Gasteiger partial charge >= 0.3 is 0 Å². The molecule has 1 fully saturated rings. The highest BCUT2D eigenvalue weighted by Crippen LogP contribution is 2.16. The number of methoxy groups -OCH3 is 1. The molecule has 0 spiro atoms. The number of ether oxygens (including phenoxy) is 1. The number of hydrogen-bond acceptors (Lipinski definition) is 4. The van der Waals surface area contributed by atoms with Gasteiger partial charge in [-0.2, -0.15) is 0 Å². The van der Waals surface area contributed by atoms with Gasteiger partial charge in [0.15, 0.2) is 5.78 Å². The van der Waals surface area contributed by atoms with Crippen LogP contribution in [0.25, 0.3) is 0 Å². The summed E-state index contributed by atoms with van der Waals surface area (Å²) >= 11 is 0. The molecule has 0 N–H and O–H groups in total. The summed E-state index contributed by atoms with van der Waals surface area (Å²) in [5.41, 5.74) is 0.688. The molecule has 1 aliphatic rings. The second-order valence-electron chi connectivity index (χ2n) is 7.35. The van der Waals surface area contributed by atoms with Crippen LogP contribution in [-0.4, -0.2) is 61.3 Å². The minimum absolute atomic E-state index is 0.141. The van der Waals surface area contributed by atoms with Crippen LogP contribution >= 0.6 is 0 Å². The topological polar surface area (TPSA) is 49.9 Å². The number of carbonyl (C=O) groups excluding carboxylic acids is 2. The predicted molar refractivity (Wildman–Crippen MR) is 94.2 cm³/mol. The fraction of sp³-hybridized carbons (Fsp3) is 0.579. The molecule has 0 bridgehead atoms. The van der Waals surface area contributed by atoms with Crippen LogP contribution in [-0.2, 0) is 16.0 Å². The predicted octanol–water partition coefficient (Wildman–Crippen LogP) is 2.00. The van der Waals surface area contributed by atoms with Crippen LogP contribution in [0.5, 0.6) is 5.75 Å². The van der Waals surface area contributed by atoms with Gasteiger partial charge in [-0.1, -0.05) is 32.9 Å². The summed E-state index contributed by atoms with van der Waals surface area (Å²) in [6.45, 7) is 9.22. The van der Waals surface area contributed by atoms with Crippen LogP contribution in [0.15, 0.2) is 24.3 Å². The van der Waals surface area contributed by atoms with Crippen LogP contribution in [0.1, 0.15) is 26.3 Å². The number of benzene rings is 1. The molecule has 2 rings (SSSR count). The molecular weight excluding hydrogens is 304 g/mol. The van der Waals surface area contributed by atoms with Gasteiger partial charge < -0.3 is 9.64 Å². The molecule has 0 radical (unpaired) electrons. The highest BCUT2D eigenvalue weighted by molar-refractivity contribution is 5.85. The van der Waals surface area contributed by atoms with Gasteiger partial charge in [0.25, 0.3) is 0 Å². The third-order valence-corrected chi connectivity index (χ3v) is 4.44. The van der Waals surface area contributed by atoms with Crippen molar-refractivity contribution < 1.29 is 14.3 Å². The molecule has 0 aliphatic carbocycles. The molecule has 0 saturated carbocycles. The summed E-state index contributed by atoms with van der Waals surface area (Å²) in [5.74, 6) is 1.19. The van der Waals surface area contributed by atoms with E-state index in [9.17, 15) is 9.59 Å². The number of Topliss-reactive ketones (excluding diaryl/α,β-unsaturated/α-hetero) is 1. The number of nitrogens with zero attached hydrogens (tertiary/aromatic N) is 2. The zero-order valence-corrected chi connectivity index (χ0v) is 15.2. The minimum atomic E-state index is -0.304. The van der Waals surface area contributed by atoms with E-state index in [1.54, 1.807) is 7.11 Å². The fourth-order valence-corrected chi connectivity index (χ4v) is 2.63. The van der Waals surface area contributed by atoms with E-state index in [2.05, 4.69) is 4.90 Å². The highest BCUT2D eigenvalue weighted by Gasteiger charge is 2.26. The fourth-order valence-electron chi connectivity index (χ4n) is 2.63. The Balaban J connectivity index is 1.81. The Hall–Kier alpha value is -1.88. The molecule has 132 valence electrons. The first-order valence-corrected chi connectivity index (χ1v) is 8.46. The van der Waals surface area contributed by atoms with E-state index < -0.39 is 0 Å². The third-order valence-electron chi connectivity index (χ3n) is 4.44. The van der Waals surface area contributed by atoms with Gasteiger partial charge in [0.2, 0.25) is 5.91 Å². The van der Waals surface area contributed by atoms with Crippen molar-refractivity contribution in [3.05, 3.63) is 29.8 Å². The molecule has 1 aromatic carbocycles. The SMILES string of the molecule is COc1ccc(CC(=O)N2CCN(CC(=O)C(C)(C)C)CC2)cc1. The monoisotopic (exact) mass is 332 g/mol. The van der Waals surface area contributed by atoms with E-state index in [-0.39, 0.29) is 17.1 Å². The maximum atomic E-state index is 12.4. The Bertz CT molecular complexity index is 567. The van der Waals surface area contributed by atoms with Crippen LogP contribution < -0.4 is 4.74 Å². The van der Waals surface area contributed by atoms with Crippen molar-refractivity contribution >= 4 is 11.7 Å². The van der Waals surface area contributed by atoms with Gasteiger partial charge in [0.05, 0.1) is 20.1 Å². The Morgan fingerprint density at radius 1 is 1.04 bits per heavy atom. The summed E-state index contributed by atoms with van der Waals surface area (Å²) in [6.07, 6.45) is 0.408. The lowest BCUT2D eigenvalue weighted by molar-refractivity contribution is -0.133. The smallest absolute Gasteiger partial charge is 0.227 e. The molecular formula is C19H28N2O3. The zero-order valence-electron chi connectivity index (χ0n) is 15.2. The van der Waals surface area contributed by atoms with Gasteiger partial charge in [0, 0.05) is 31.6 Å². The van der Waals surface area contributed by atoms with Crippen molar-refractivity contribution in [2.45, 2.75) is 27.2 Å². The van der Waals surface area contributed by atoms with E-state index in [1.807, 2.05) is 49.9 Å². The van der Waals surface area contributed by atoms with Crippen molar-refractivity contribution in [2.24, 2.45) is 5.41 Å². The standard InChI is InChI=1S/C19H28N2O3/c1-19(2,3)17(22)14-20-9-11-21(12-10-20)18(23)13-15-5-7-16(24-4)8-6-15/h5-8H,9-14H2,1-4H3. The summed E-state index contributed by atoms with van der Waals surface area (Å²) in [5, 5.41) is 0. The van der Waals surface area contributed by atoms with Crippen LogP contribution in [0.2, 0.25) is 0 Å². The Kier molecular flexibility index (Phi) is 5.99. The number of carbonyl (C=O) groups is 2. The Morgan fingerprint density at radius 3 is 2.12 bits per heavy atom. The van der Waals surface area contributed by atoms with Crippen LogP contribution in [0, 0.1) is 5.41 Å². The number of ketones is 1. The van der Waals surface area contributed by atoms with Gasteiger partial charge in [-0.25, -0.2) is 0 Å². The lowest BCUT2D eigenvalue weighted by Gasteiger charge is -2.35. The van der Waals surface area contributed by atoms with Gasteiger partial charge in [-0.3, -0.25) is 14.5 Å². The molecule has 0 unspecified atom stereocenters. The summed E-state index contributed by atoms with van der Waals surface area (Å²) in [6, 6.07) is 7.60. The molecule has 5 nitrogen and oxygen atoms in total. The van der Waals surface area contributed by atoms with Crippen LogP contribution in [0.3, 0.4) is 0 Å². The quantitative estimate of drug-likeness (QED) is 0.827. The number of piperazine rings is 1. The lowest BCUT2D eigenvalue weighted by Crippen LogP contribution is -2.51. The largest absolute Gasteiger partial charge is 0.497 e. The van der Waals surface area contributed by atoms with Gasteiger partial charge in [-0.15, -0.1) is 0 Å². The number of rotatable bonds is 5. The third kappa shape index (κ3) is 5.06. The normalized spacial score (nSPS) is 16.1. The Labute approximate surface area is 144 Å². The second kappa shape index (κ2) is 7.79. The molecule has 1 aromatic rings. The maximum Gasteiger partial charge on any atom is 0.227 e. The van der Waals surface area contributed by atoms with Gasteiger partial charge in [0.1, 0.15) is 5.75 Å². The van der Waals surface area contributed by atoms with E-state index in [1.165, 1.54) is 0 Å². The average molecular weight is 332 g/mol. The van der Waals surface area contributed by atoms with Crippen molar-refractivity contribution in [2.75, 3.05) is 39.8 Å². The molecule has 1 saturated heterocycles. The maximum absolute atomic E-state index is 12.4. The van der Waals surface area contributed by atoms with E-state index in [0.29, 0.717) is 26.1 Å². The lowest BCUT2D eigenvalue weighted by atomic mass is 9.90. The highest BCUT2D eigenvalue weighted by atomic mass is 16.5. The first-order valence-electron chi connectivity index (χ1n) is 8.46. The molecule has 1 heterocycles. The second-order valence-corrected chi connectivity index (χ2v) is 7.35. The van der Waals surface area contributed by atoms with Gasteiger partial charge in [-0.05, 0) is 17.7 Å². The van der Waals surface area contributed by atoms with Crippen LogP contribution in [0.4, 0.5) is 0 Å². The van der Waals surface area contributed by atoms with Crippen molar-refractivity contribution in [1.82, 2.24) is 9.80 Å². The molecule has 1 aliphatic heterocycles. The Morgan fingerprint density at radius 2 is 1.62 bits per heavy atom. The van der Waals surface area contributed by atoms with Crippen molar-refractivity contribution in [3.63, 3.8) is 0 Å². The summed E-state index contributed by atoms with van der Waals surface area (Å²) in [4.78, 5) is 28.6. The first kappa shape index (κ1) is 18.5.